The van der Waals surface area contributed by atoms with E-state index in [0.717, 1.165) is 11.0 Å². The van der Waals surface area contributed by atoms with Crippen LogP contribution in [0.4, 0.5) is 0 Å². The maximum atomic E-state index is 5.86. The molecule has 2 bridgehead atoms. The minimum absolute atomic E-state index is 0.0296. The molecule has 0 amide bonds. The summed E-state index contributed by atoms with van der Waals surface area (Å²) < 4.78 is 13.4. The number of aromatic nitrogens is 3. The van der Waals surface area contributed by atoms with Crippen LogP contribution in [-0.4, -0.2) is 44.8 Å². The van der Waals surface area contributed by atoms with Crippen molar-refractivity contribution in [2.75, 3.05) is 6.61 Å². The number of hydrazone groups is 1. The Morgan fingerprint density at radius 3 is 3.18 bits per heavy atom. The van der Waals surface area contributed by atoms with E-state index in [1.165, 1.54) is 0 Å². The lowest BCUT2D eigenvalue weighted by molar-refractivity contribution is -0.0317. The van der Waals surface area contributed by atoms with Gasteiger partial charge in [0.25, 0.3) is 0 Å². The molecule has 3 heterocycles. The first-order valence-electron chi connectivity index (χ1n) is 6.91. The standard InChI is InChI=1S/C13H14N6O2S/c14-13(22)17-15-8-5-10(11-6-20-12(8)21-11)19-9-4-2-1-3-7(9)16-18-19/h1-4,10-12H,5-6H2,(H3,14,17,22)/b15-8-/t10-,11+,12+/m1/s1. The first-order chi connectivity index (χ1) is 10.7. The Morgan fingerprint density at radius 2 is 2.32 bits per heavy atom. The topological polar surface area (TPSA) is 99.6 Å². The molecule has 0 aliphatic carbocycles. The van der Waals surface area contributed by atoms with Crippen molar-refractivity contribution < 1.29 is 9.47 Å². The van der Waals surface area contributed by atoms with Crippen LogP contribution >= 0.6 is 12.2 Å². The second kappa shape index (κ2) is 5.27. The molecular weight excluding hydrogens is 304 g/mol. The predicted molar refractivity (Wildman–Crippen MR) is 83.2 cm³/mol. The van der Waals surface area contributed by atoms with Crippen LogP contribution in [0.5, 0.6) is 0 Å². The lowest BCUT2D eigenvalue weighted by atomic mass is 10.0. The van der Waals surface area contributed by atoms with Gasteiger partial charge in [-0.2, -0.15) is 5.10 Å². The largest absolute Gasteiger partial charge is 0.375 e. The number of para-hydroxylation sites is 1. The van der Waals surface area contributed by atoms with Crippen molar-refractivity contribution in [1.29, 1.82) is 0 Å². The number of rotatable bonds is 2. The molecule has 2 fully saturated rings. The fourth-order valence-electron chi connectivity index (χ4n) is 2.84. The molecular formula is C13H14N6O2S. The number of nitrogens with two attached hydrogens (primary N) is 1. The second-order valence-corrected chi connectivity index (χ2v) is 5.65. The van der Waals surface area contributed by atoms with Gasteiger partial charge in [0.2, 0.25) is 0 Å². The van der Waals surface area contributed by atoms with Crippen LogP contribution in [-0.2, 0) is 9.47 Å². The van der Waals surface area contributed by atoms with Crippen molar-refractivity contribution in [3.8, 4) is 0 Å². The normalized spacial score (nSPS) is 29.1. The molecule has 22 heavy (non-hydrogen) atoms. The Hall–Kier alpha value is -2.10. The third-order valence-electron chi connectivity index (χ3n) is 3.83. The number of thiocarbonyl (C=S) groups is 1. The molecule has 2 saturated heterocycles. The molecule has 2 aromatic rings. The van der Waals surface area contributed by atoms with Crippen LogP contribution in [0.3, 0.4) is 0 Å². The van der Waals surface area contributed by atoms with Crippen LogP contribution in [0, 0.1) is 0 Å². The van der Waals surface area contributed by atoms with Gasteiger partial charge in [-0.05, 0) is 24.4 Å². The predicted octanol–water partition coefficient (Wildman–Crippen LogP) is 0.307. The van der Waals surface area contributed by atoms with Gasteiger partial charge in [-0.15, -0.1) is 5.10 Å². The van der Waals surface area contributed by atoms with Gasteiger partial charge in [-0.1, -0.05) is 17.3 Å². The van der Waals surface area contributed by atoms with Crippen molar-refractivity contribution in [3.63, 3.8) is 0 Å². The Bertz CT molecular complexity index is 760. The van der Waals surface area contributed by atoms with Crippen LogP contribution in [0.1, 0.15) is 12.5 Å². The van der Waals surface area contributed by atoms with Gasteiger partial charge in [-0.3, -0.25) is 5.43 Å². The summed E-state index contributed by atoms with van der Waals surface area (Å²) in [5.74, 6) is 0. The zero-order valence-corrected chi connectivity index (χ0v) is 12.4. The first-order valence-corrected chi connectivity index (χ1v) is 7.32. The highest BCUT2D eigenvalue weighted by atomic mass is 32.1. The Labute approximate surface area is 131 Å². The molecule has 0 spiro atoms. The monoisotopic (exact) mass is 318 g/mol. The van der Waals surface area contributed by atoms with Crippen LogP contribution in [0.25, 0.3) is 11.0 Å². The van der Waals surface area contributed by atoms with Gasteiger partial charge in [0.05, 0.1) is 23.9 Å². The number of ether oxygens (including phenoxy) is 2. The highest BCUT2D eigenvalue weighted by Gasteiger charge is 2.43. The van der Waals surface area contributed by atoms with Crippen molar-refractivity contribution in [2.45, 2.75) is 24.9 Å². The highest BCUT2D eigenvalue weighted by Crippen LogP contribution is 2.34. The maximum absolute atomic E-state index is 5.86. The van der Waals surface area contributed by atoms with Crippen molar-refractivity contribution in [1.82, 2.24) is 20.4 Å². The average molecular weight is 318 g/mol. The summed E-state index contributed by atoms with van der Waals surface area (Å²) in [6.45, 7) is 0.496. The quantitative estimate of drug-likeness (QED) is 0.607. The summed E-state index contributed by atoms with van der Waals surface area (Å²) in [7, 11) is 0. The van der Waals surface area contributed by atoms with Gasteiger partial charge in [0, 0.05) is 6.42 Å². The van der Waals surface area contributed by atoms with E-state index in [2.05, 4.69) is 20.8 Å². The van der Waals surface area contributed by atoms with E-state index in [4.69, 9.17) is 27.4 Å². The zero-order chi connectivity index (χ0) is 15.1. The van der Waals surface area contributed by atoms with Gasteiger partial charge in [0.1, 0.15) is 11.6 Å². The van der Waals surface area contributed by atoms with Crippen molar-refractivity contribution >= 4 is 34.1 Å². The highest BCUT2D eigenvalue weighted by molar-refractivity contribution is 7.80. The maximum Gasteiger partial charge on any atom is 0.199 e. The molecule has 3 atom stereocenters. The molecule has 0 unspecified atom stereocenters. The SMILES string of the molecule is NC(=S)N/N=C1/C[C@@H](n2nnc3ccccc32)[C@@H]2CO[C@H]1O2. The molecule has 8 nitrogen and oxygen atoms in total. The van der Waals surface area contributed by atoms with Crippen molar-refractivity contribution in [3.05, 3.63) is 24.3 Å². The average Bonchev–Trinajstić information content (AvgIpc) is 3.12. The van der Waals surface area contributed by atoms with Crippen molar-refractivity contribution in [2.24, 2.45) is 10.8 Å². The van der Waals surface area contributed by atoms with E-state index in [-0.39, 0.29) is 17.3 Å². The van der Waals surface area contributed by atoms with E-state index in [1.54, 1.807) is 0 Å². The number of nitrogens with zero attached hydrogens (tertiary/aromatic N) is 4. The third-order valence-corrected chi connectivity index (χ3v) is 3.92. The minimum Gasteiger partial charge on any atom is -0.375 e. The molecule has 2 aliphatic heterocycles. The summed E-state index contributed by atoms with van der Waals surface area (Å²) >= 11 is 4.77. The zero-order valence-electron chi connectivity index (χ0n) is 11.5. The van der Waals surface area contributed by atoms with E-state index < -0.39 is 6.29 Å². The number of nitrogens with one attached hydrogen (secondary N) is 1. The van der Waals surface area contributed by atoms with E-state index >= 15 is 0 Å². The summed E-state index contributed by atoms with van der Waals surface area (Å²) in [5.41, 5.74) is 10.5. The van der Waals surface area contributed by atoms with Gasteiger partial charge in [-0.25, -0.2) is 4.68 Å². The third kappa shape index (κ3) is 2.23. The van der Waals surface area contributed by atoms with Crippen LogP contribution in [0.15, 0.2) is 29.4 Å². The summed E-state index contributed by atoms with van der Waals surface area (Å²) in [6.07, 6.45) is 0.120. The second-order valence-electron chi connectivity index (χ2n) is 5.21. The summed E-state index contributed by atoms with van der Waals surface area (Å²) in [5, 5.41) is 12.8. The number of fused-ring (bicyclic) bond motifs is 3. The molecule has 0 saturated carbocycles. The number of hydrogen-bond donors (Lipinski definition) is 2. The molecule has 4 rings (SSSR count). The lowest BCUT2D eigenvalue weighted by Gasteiger charge is -2.28. The molecule has 0 radical (unpaired) electrons. The van der Waals surface area contributed by atoms with E-state index in [0.29, 0.717) is 18.7 Å². The molecule has 3 N–H and O–H groups in total. The number of hydrogen-bond acceptors (Lipinski definition) is 6. The van der Waals surface area contributed by atoms with Gasteiger partial charge in [0.15, 0.2) is 11.4 Å². The minimum atomic E-state index is -0.446. The molecule has 1 aromatic heterocycles. The Balaban J connectivity index is 1.69. The van der Waals surface area contributed by atoms with E-state index in [9.17, 15) is 0 Å². The van der Waals surface area contributed by atoms with Gasteiger partial charge >= 0.3 is 0 Å². The molecule has 1 aromatic carbocycles. The first kappa shape index (κ1) is 13.6. The Kier molecular flexibility index (Phi) is 3.25. The lowest BCUT2D eigenvalue weighted by Crippen LogP contribution is -2.39. The van der Waals surface area contributed by atoms with Gasteiger partial charge < -0.3 is 15.2 Å². The van der Waals surface area contributed by atoms with E-state index in [1.807, 2.05) is 28.9 Å². The number of benzene rings is 1. The van der Waals surface area contributed by atoms with Crippen LogP contribution < -0.4 is 11.2 Å². The molecule has 9 heteroatoms. The molecule has 114 valence electrons. The fraction of sp³-hybridized carbons (Fsp3) is 0.385. The smallest absolute Gasteiger partial charge is 0.199 e. The Morgan fingerprint density at radius 1 is 1.45 bits per heavy atom. The fourth-order valence-corrected chi connectivity index (χ4v) is 2.88. The van der Waals surface area contributed by atoms with Crippen LogP contribution in [0.2, 0.25) is 0 Å². The summed E-state index contributed by atoms with van der Waals surface area (Å²) in [6, 6.07) is 7.79. The summed E-state index contributed by atoms with van der Waals surface area (Å²) in [4.78, 5) is 0. The molecule has 2 aliphatic rings.